The molecule has 0 aromatic carbocycles. The highest BCUT2D eigenvalue weighted by atomic mass is 15.3. The van der Waals surface area contributed by atoms with E-state index < -0.39 is 0 Å². The molecule has 112 valence electrons. The van der Waals surface area contributed by atoms with Gasteiger partial charge in [0.05, 0.1) is 0 Å². The van der Waals surface area contributed by atoms with Crippen LogP contribution >= 0.6 is 0 Å². The molecule has 1 aliphatic heterocycles. The van der Waals surface area contributed by atoms with E-state index in [9.17, 15) is 0 Å². The van der Waals surface area contributed by atoms with Crippen molar-refractivity contribution in [3.63, 3.8) is 0 Å². The number of pyridine rings is 1. The average Bonchev–Trinajstić information content (AvgIpc) is 2.42. The molecule has 1 fully saturated rings. The number of nitrogens with one attached hydrogen (secondary N) is 1. The molecule has 0 aliphatic carbocycles. The average molecular weight is 276 g/mol. The zero-order chi connectivity index (χ0) is 14.5. The fourth-order valence-electron chi connectivity index (χ4n) is 2.73. The van der Waals surface area contributed by atoms with Gasteiger partial charge in [0, 0.05) is 44.0 Å². The van der Waals surface area contributed by atoms with Gasteiger partial charge >= 0.3 is 0 Å². The topological polar surface area (TPSA) is 31.4 Å². The predicted octanol–water partition coefficient (Wildman–Crippen LogP) is 1.95. The van der Waals surface area contributed by atoms with Gasteiger partial charge in [-0.05, 0) is 45.5 Å². The molecular formula is C16H28N4. The fourth-order valence-corrected chi connectivity index (χ4v) is 2.73. The number of anilines is 1. The number of piperazine rings is 1. The first-order valence-corrected chi connectivity index (χ1v) is 7.73. The van der Waals surface area contributed by atoms with Crippen LogP contribution in [0.1, 0.15) is 30.2 Å². The molecular weight excluding hydrogens is 248 g/mol. The van der Waals surface area contributed by atoms with Crippen molar-refractivity contribution < 1.29 is 0 Å². The summed E-state index contributed by atoms with van der Waals surface area (Å²) in [5.41, 5.74) is 3.85. The van der Waals surface area contributed by atoms with E-state index in [1.54, 1.807) is 0 Å². The van der Waals surface area contributed by atoms with Crippen molar-refractivity contribution in [2.24, 2.45) is 0 Å². The largest absolute Gasteiger partial charge is 0.354 e. The number of aromatic nitrogens is 1. The van der Waals surface area contributed by atoms with E-state index in [1.807, 2.05) is 0 Å². The highest BCUT2D eigenvalue weighted by Crippen LogP contribution is 2.23. The minimum Gasteiger partial charge on any atom is -0.354 e. The molecule has 2 rings (SSSR count). The molecule has 2 heterocycles. The second kappa shape index (κ2) is 7.04. The Bertz CT molecular complexity index is 436. The summed E-state index contributed by atoms with van der Waals surface area (Å²) in [5.74, 6) is 1.19. The minimum absolute atomic E-state index is 0.925. The summed E-state index contributed by atoms with van der Waals surface area (Å²) in [4.78, 5) is 9.66. The minimum atomic E-state index is 0.925. The van der Waals surface area contributed by atoms with Crippen LogP contribution in [-0.2, 0) is 6.54 Å². The van der Waals surface area contributed by atoms with Gasteiger partial charge in [0.15, 0.2) is 0 Å². The first-order chi connectivity index (χ1) is 9.61. The lowest BCUT2D eigenvalue weighted by Crippen LogP contribution is -2.45. The Balaban J connectivity index is 2.20. The van der Waals surface area contributed by atoms with Gasteiger partial charge in [-0.25, -0.2) is 4.98 Å². The third-order valence-electron chi connectivity index (χ3n) is 3.98. The summed E-state index contributed by atoms with van der Waals surface area (Å²) >= 11 is 0. The molecule has 4 heteroatoms. The van der Waals surface area contributed by atoms with Crippen LogP contribution in [0.4, 0.5) is 5.82 Å². The van der Waals surface area contributed by atoms with Crippen LogP contribution in [0.2, 0.25) is 0 Å². The summed E-state index contributed by atoms with van der Waals surface area (Å²) in [6, 6.07) is 2.20. The maximum atomic E-state index is 4.83. The highest BCUT2D eigenvalue weighted by molar-refractivity contribution is 5.52. The van der Waals surface area contributed by atoms with Crippen LogP contribution < -0.4 is 10.2 Å². The molecule has 0 radical (unpaired) electrons. The van der Waals surface area contributed by atoms with Gasteiger partial charge in [0.1, 0.15) is 5.82 Å². The lowest BCUT2D eigenvalue weighted by atomic mass is 10.1. The Morgan fingerprint density at radius 2 is 1.90 bits per heavy atom. The highest BCUT2D eigenvalue weighted by Gasteiger charge is 2.19. The number of likely N-dealkylation sites (N-methyl/N-ethyl adjacent to an activating group) is 1. The van der Waals surface area contributed by atoms with E-state index in [1.165, 1.54) is 23.4 Å². The second-order valence-corrected chi connectivity index (χ2v) is 5.85. The SMILES string of the molecule is CCCNCc1c(C)cc(C)nc1N1CCN(C)CC1. The number of aryl methyl sites for hydroxylation is 2. The van der Waals surface area contributed by atoms with Crippen LogP contribution in [-0.4, -0.2) is 49.7 Å². The molecule has 0 bridgehead atoms. The smallest absolute Gasteiger partial charge is 0.133 e. The van der Waals surface area contributed by atoms with E-state index in [4.69, 9.17) is 4.98 Å². The van der Waals surface area contributed by atoms with Gasteiger partial charge < -0.3 is 15.1 Å². The van der Waals surface area contributed by atoms with Gasteiger partial charge in [-0.1, -0.05) is 6.92 Å². The van der Waals surface area contributed by atoms with Gasteiger partial charge in [0.25, 0.3) is 0 Å². The first-order valence-electron chi connectivity index (χ1n) is 7.73. The van der Waals surface area contributed by atoms with Gasteiger partial charge in [-0.2, -0.15) is 0 Å². The quantitative estimate of drug-likeness (QED) is 0.833. The molecule has 0 spiro atoms. The molecule has 1 aliphatic rings. The Kier molecular flexibility index (Phi) is 5.38. The molecule has 0 atom stereocenters. The number of rotatable bonds is 5. The van der Waals surface area contributed by atoms with Crippen molar-refractivity contribution in [1.29, 1.82) is 0 Å². The molecule has 1 aromatic rings. The maximum absolute atomic E-state index is 4.83. The fraction of sp³-hybridized carbons (Fsp3) is 0.688. The first kappa shape index (κ1) is 15.3. The molecule has 20 heavy (non-hydrogen) atoms. The summed E-state index contributed by atoms with van der Waals surface area (Å²) in [5, 5.41) is 3.52. The summed E-state index contributed by atoms with van der Waals surface area (Å²) in [6.45, 7) is 12.9. The Morgan fingerprint density at radius 3 is 2.55 bits per heavy atom. The van der Waals surface area contributed by atoms with Gasteiger partial charge in [-0.15, -0.1) is 0 Å². The van der Waals surface area contributed by atoms with Crippen LogP contribution in [0.3, 0.4) is 0 Å². The van der Waals surface area contributed by atoms with E-state index in [2.05, 4.69) is 49.0 Å². The zero-order valence-corrected chi connectivity index (χ0v) is 13.4. The Morgan fingerprint density at radius 1 is 1.20 bits per heavy atom. The van der Waals surface area contributed by atoms with Crippen LogP contribution in [0.25, 0.3) is 0 Å². The van der Waals surface area contributed by atoms with Crippen LogP contribution in [0.5, 0.6) is 0 Å². The van der Waals surface area contributed by atoms with Crippen LogP contribution in [0.15, 0.2) is 6.07 Å². The molecule has 4 nitrogen and oxygen atoms in total. The van der Waals surface area contributed by atoms with E-state index in [0.717, 1.165) is 45.0 Å². The second-order valence-electron chi connectivity index (χ2n) is 5.85. The Hall–Kier alpha value is -1.13. The number of nitrogens with zero attached hydrogens (tertiary/aromatic N) is 3. The Labute approximate surface area is 123 Å². The zero-order valence-electron chi connectivity index (χ0n) is 13.4. The molecule has 0 saturated carbocycles. The van der Waals surface area contributed by atoms with Gasteiger partial charge in [0.2, 0.25) is 0 Å². The maximum Gasteiger partial charge on any atom is 0.133 e. The number of hydrogen-bond acceptors (Lipinski definition) is 4. The monoisotopic (exact) mass is 276 g/mol. The van der Waals surface area contributed by atoms with Crippen molar-refractivity contribution in [2.75, 3.05) is 44.7 Å². The standard InChI is InChI=1S/C16H28N4/c1-5-6-17-12-15-13(2)11-14(3)18-16(15)20-9-7-19(4)8-10-20/h11,17H,5-10,12H2,1-4H3. The molecule has 1 aromatic heterocycles. The number of hydrogen-bond donors (Lipinski definition) is 1. The molecule has 1 saturated heterocycles. The molecule has 1 N–H and O–H groups in total. The van der Waals surface area contributed by atoms with Crippen molar-refractivity contribution in [1.82, 2.24) is 15.2 Å². The van der Waals surface area contributed by atoms with Crippen molar-refractivity contribution in [3.8, 4) is 0 Å². The molecule has 0 amide bonds. The predicted molar refractivity (Wildman–Crippen MR) is 85.4 cm³/mol. The normalized spacial score (nSPS) is 16.7. The van der Waals surface area contributed by atoms with Crippen LogP contribution in [0, 0.1) is 13.8 Å². The summed E-state index contributed by atoms with van der Waals surface area (Å²) < 4.78 is 0. The molecule has 0 unspecified atom stereocenters. The van der Waals surface area contributed by atoms with Crippen molar-refractivity contribution in [3.05, 3.63) is 22.9 Å². The lowest BCUT2D eigenvalue weighted by Gasteiger charge is -2.35. The van der Waals surface area contributed by atoms with E-state index >= 15 is 0 Å². The summed E-state index contributed by atoms with van der Waals surface area (Å²) in [7, 11) is 2.19. The van der Waals surface area contributed by atoms with E-state index in [0.29, 0.717) is 0 Å². The van der Waals surface area contributed by atoms with Crippen molar-refractivity contribution in [2.45, 2.75) is 33.7 Å². The summed E-state index contributed by atoms with van der Waals surface area (Å²) in [6.07, 6.45) is 1.17. The van der Waals surface area contributed by atoms with E-state index in [-0.39, 0.29) is 0 Å². The third-order valence-corrected chi connectivity index (χ3v) is 3.98. The van der Waals surface area contributed by atoms with Crippen molar-refractivity contribution >= 4 is 5.82 Å². The third kappa shape index (κ3) is 3.70. The lowest BCUT2D eigenvalue weighted by molar-refractivity contribution is 0.311. The van der Waals surface area contributed by atoms with Gasteiger partial charge in [-0.3, -0.25) is 0 Å².